The van der Waals surface area contributed by atoms with E-state index in [-0.39, 0.29) is 17.9 Å². The summed E-state index contributed by atoms with van der Waals surface area (Å²) in [5.41, 5.74) is -0.538. The summed E-state index contributed by atoms with van der Waals surface area (Å²) in [5.74, 6) is -2.75. The molecule has 170 valence electrons. The molecule has 0 amide bonds. The molecule has 3 aromatic rings. The Labute approximate surface area is 192 Å². The van der Waals surface area contributed by atoms with Gasteiger partial charge in [0.05, 0.1) is 5.57 Å². The zero-order chi connectivity index (χ0) is 23.8. The van der Waals surface area contributed by atoms with E-state index in [0.29, 0.717) is 16.5 Å². The summed E-state index contributed by atoms with van der Waals surface area (Å²) >= 11 is 1.35. The van der Waals surface area contributed by atoms with Crippen molar-refractivity contribution in [2.45, 2.75) is 32.5 Å². The average Bonchev–Trinajstić information content (AvgIpc) is 3.20. The molecule has 0 fully saturated rings. The lowest BCUT2D eigenvalue weighted by Crippen LogP contribution is -2.37. The second kappa shape index (κ2) is 8.86. The number of halogens is 3. The van der Waals surface area contributed by atoms with Gasteiger partial charge in [0.25, 0.3) is 0 Å². The van der Waals surface area contributed by atoms with Crippen molar-refractivity contribution in [3.63, 3.8) is 0 Å². The van der Waals surface area contributed by atoms with Crippen LogP contribution >= 0.6 is 11.3 Å². The standard InChI is InChI=1S/C25H20F3NO3S/c1-14-20(15(2)30)21(18-13-33-19-11-7-6-10-17(18)19)22(23(29-14)25(26,27)28)24(31)32-12-16-8-4-3-5-9-16/h3-11,13,21,29H,12H2,1-2H3. The van der Waals surface area contributed by atoms with Crippen LogP contribution in [0.1, 0.15) is 30.9 Å². The fraction of sp³-hybridized carbons (Fsp3) is 0.200. The third-order valence-corrected chi connectivity index (χ3v) is 6.46. The molecule has 4 nitrogen and oxygen atoms in total. The summed E-state index contributed by atoms with van der Waals surface area (Å²) in [6.45, 7) is 2.51. The van der Waals surface area contributed by atoms with E-state index < -0.39 is 35.1 Å². The number of ketones is 1. The number of fused-ring (bicyclic) bond motifs is 1. The van der Waals surface area contributed by atoms with Crippen molar-refractivity contribution in [3.05, 3.63) is 93.6 Å². The van der Waals surface area contributed by atoms with Gasteiger partial charge >= 0.3 is 12.1 Å². The van der Waals surface area contributed by atoms with E-state index >= 15 is 0 Å². The molecule has 1 aliphatic rings. The van der Waals surface area contributed by atoms with Gasteiger partial charge in [-0.1, -0.05) is 48.5 Å². The molecule has 0 radical (unpaired) electrons. The molecule has 1 aliphatic heterocycles. The van der Waals surface area contributed by atoms with E-state index in [1.807, 2.05) is 12.1 Å². The summed E-state index contributed by atoms with van der Waals surface area (Å²) in [5, 5.41) is 4.67. The van der Waals surface area contributed by atoms with Gasteiger partial charge < -0.3 is 10.1 Å². The fourth-order valence-corrected chi connectivity index (χ4v) is 5.06. The maximum atomic E-state index is 14.1. The lowest BCUT2D eigenvalue weighted by Gasteiger charge is -2.32. The van der Waals surface area contributed by atoms with Gasteiger partial charge in [-0.25, -0.2) is 4.79 Å². The molecule has 1 N–H and O–H groups in total. The first-order chi connectivity index (χ1) is 15.7. The minimum Gasteiger partial charge on any atom is -0.457 e. The number of carbonyl (C=O) groups is 2. The van der Waals surface area contributed by atoms with Gasteiger partial charge in [-0.15, -0.1) is 11.3 Å². The molecule has 0 saturated heterocycles. The average molecular weight is 472 g/mol. The third-order valence-electron chi connectivity index (χ3n) is 5.48. The minimum absolute atomic E-state index is 0.0646. The second-order valence-electron chi connectivity index (χ2n) is 7.69. The van der Waals surface area contributed by atoms with Crippen molar-refractivity contribution >= 4 is 33.2 Å². The molecule has 33 heavy (non-hydrogen) atoms. The van der Waals surface area contributed by atoms with Gasteiger partial charge in [-0.05, 0) is 41.8 Å². The van der Waals surface area contributed by atoms with Gasteiger partial charge in [-0.2, -0.15) is 13.2 Å². The Kier molecular flexibility index (Phi) is 6.12. The Morgan fingerprint density at radius 3 is 2.36 bits per heavy atom. The molecule has 0 bridgehead atoms. The highest BCUT2D eigenvalue weighted by Crippen LogP contribution is 2.46. The monoisotopic (exact) mass is 471 g/mol. The van der Waals surface area contributed by atoms with E-state index in [4.69, 9.17) is 4.74 Å². The first kappa shape index (κ1) is 22.8. The van der Waals surface area contributed by atoms with Crippen LogP contribution < -0.4 is 5.32 Å². The van der Waals surface area contributed by atoms with E-state index in [9.17, 15) is 22.8 Å². The van der Waals surface area contributed by atoms with E-state index in [1.165, 1.54) is 25.2 Å². The largest absolute Gasteiger partial charge is 0.457 e. The molecule has 0 aliphatic carbocycles. The molecular formula is C25H20F3NO3S. The van der Waals surface area contributed by atoms with Crippen LogP contribution in [0.15, 0.2) is 82.5 Å². The van der Waals surface area contributed by atoms with Gasteiger partial charge in [-0.3, -0.25) is 4.79 Å². The van der Waals surface area contributed by atoms with Crippen LogP contribution in [0.4, 0.5) is 13.2 Å². The van der Waals surface area contributed by atoms with Crippen LogP contribution in [-0.4, -0.2) is 17.9 Å². The summed E-state index contributed by atoms with van der Waals surface area (Å²) < 4.78 is 48.5. The van der Waals surface area contributed by atoms with Crippen LogP contribution in [0.5, 0.6) is 0 Å². The molecule has 8 heteroatoms. The number of dihydropyridines is 1. The smallest absolute Gasteiger partial charge is 0.431 e. The summed E-state index contributed by atoms with van der Waals surface area (Å²) in [4.78, 5) is 25.8. The molecule has 0 saturated carbocycles. The Balaban J connectivity index is 1.88. The predicted molar refractivity (Wildman–Crippen MR) is 120 cm³/mol. The van der Waals surface area contributed by atoms with E-state index in [2.05, 4.69) is 5.32 Å². The van der Waals surface area contributed by atoms with Gasteiger partial charge in [0.15, 0.2) is 5.78 Å². The Hall–Kier alpha value is -3.39. The molecule has 1 atom stereocenters. The number of benzene rings is 2. The Bertz CT molecular complexity index is 1290. The first-order valence-corrected chi connectivity index (χ1v) is 11.0. The number of thiophene rings is 1. The molecule has 2 aromatic carbocycles. The number of allylic oxidation sites excluding steroid dienone is 3. The van der Waals surface area contributed by atoms with Crippen molar-refractivity contribution in [2.75, 3.05) is 0 Å². The number of rotatable bonds is 5. The van der Waals surface area contributed by atoms with Gasteiger partial charge in [0, 0.05) is 21.9 Å². The topological polar surface area (TPSA) is 55.4 Å². The van der Waals surface area contributed by atoms with Crippen LogP contribution in [0.25, 0.3) is 10.1 Å². The Morgan fingerprint density at radius 1 is 1.03 bits per heavy atom. The molecule has 0 spiro atoms. The lowest BCUT2D eigenvalue weighted by atomic mass is 9.78. The summed E-state index contributed by atoms with van der Waals surface area (Å²) in [6, 6.07) is 15.9. The van der Waals surface area contributed by atoms with Crippen molar-refractivity contribution in [2.24, 2.45) is 0 Å². The Morgan fingerprint density at radius 2 is 1.70 bits per heavy atom. The first-order valence-electron chi connectivity index (χ1n) is 10.2. The highest BCUT2D eigenvalue weighted by atomic mass is 32.1. The molecule has 2 heterocycles. The third kappa shape index (κ3) is 4.43. The van der Waals surface area contributed by atoms with E-state index in [1.54, 1.807) is 47.8 Å². The number of nitrogens with one attached hydrogen (secondary N) is 1. The quantitative estimate of drug-likeness (QED) is 0.463. The van der Waals surface area contributed by atoms with Gasteiger partial charge in [0.1, 0.15) is 12.3 Å². The van der Waals surface area contributed by atoms with Crippen molar-refractivity contribution in [3.8, 4) is 0 Å². The summed E-state index contributed by atoms with van der Waals surface area (Å²) in [6.07, 6.45) is -4.85. The number of Topliss-reactive ketones (excluding diaryl/α,β-unsaturated/α-hetero) is 1. The number of alkyl halides is 3. The minimum atomic E-state index is -4.85. The van der Waals surface area contributed by atoms with Crippen LogP contribution in [0, 0.1) is 0 Å². The molecule has 1 unspecified atom stereocenters. The van der Waals surface area contributed by atoms with E-state index in [0.717, 1.165) is 4.70 Å². The van der Waals surface area contributed by atoms with Crippen molar-refractivity contribution < 1.29 is 27.5 Å². The zero-order valence-corrected chi connectivity index (χ0v) is 18.6. The van der Waals surface area contributed by atoms with Crippen molar-refractivity contribution in [1.82, 2.24) is 5.32 Å². The molecule has 1 aromatic heterocycles. The van der Waals surface area contributed by atoms with Crippen LogP contribution in [0.2, 0.25) is 0 Å². The SMILES string of the molecule is CC(=O)C1=C(C)NC(C(F)(F)F)=C(C(=O)OCc2ccccc2)C1c1csc2ccccc12. The number of hydrogen-bond donors (Lipinski definition) is 1. The highest BCUT2D eigenvalue weighted by Gasteiger charge is 2.47. The zero-order valence-electron chi connectivity index (χ0n) is 17.8. The number of hydrogen-bond acceptors (Lipinski definition) is 5. The fourth-order valence-electron chi connectivity index (χ4n) is 4.07. The molecule has 4 rings (SSSR count). The molecular weight excluding hydrogens is 451 g/mol. The maximum Gasteiger partial charge on any atom is 0.431 e. The maximum absolute atomic E-state index is 14.1. The summed E-state index contributed by atoms with van der Waals surface area (Å²) in [7, 11) is 0. The predicted octanol–water partition coefficient (Wildman–Crippen LogP) is 6.01. The van der Waals surface area contributed by atoms with Crippen LogP contribution in [0.3, 0.4) is 0 Å². The lowest BCUT2D eigenvalue weighted by molar-refractivity contribution is -0.142. The number of carbonyl (C=O) groups excluding carboxylic acids is 2. The number of esters is 1. The highest BCUT2D eigenvalue weighted by molar-refractivity contribution is 7.17. The number of ether oxygens (including phenoxy) is 1. The second-order valence-corrected chi connectivity index (χ2v) is 8.60. The normalized spacial score (nSPS) is 16.7. The van der Waals surface area contributed by atoms with Crippen molar-refractivity contribution in [1.29, 1.82) is 0 Å². The van der Waals surface area contributed by atoms with Crippen LogP contribution in [-0.2, 0) is 20.9 Å². The van der Waals surface area contributed by atoms with Gasteiger partial charge in [0.2, 0.25) is 0 Å².